The highest BCUT2D eigenvalue weighted by Gasteiger charge is 2.11. The van der Waals surface area contributed by atoms with Gasteiger partial charge in [-0.3, -0.25) is 4.79 Å². The zero-order valence-corrected chi connectivity index (χ0v) is 19.2. The minimum atomic E-state index is -0.472. The lowest BCUT2D eigenvalue weighted by atomic mass is 10.1. The zero-order chi connectivity index (χ0) is 23.1. The Hall–Kier alpha value is -3.87. The van der Waals surface area contributed by atoms with Crippen LogP contribution in [0.2, 0.25) is 0 Å². The number of nitrogens with one attached hydrogen (secondary N) is 1. The molecule has 0 unspecified atom stereocenters. The van der Waals surface area contributed by atoms with Crippen molar-refractivity contribution in [2.75, 3.05) is 5.32 Å². The van der Waals surface area contributed by atoms with Crippen molar-refractivity contribution in [3.63, 3.8) is 0 Å². The van der Waals surface area contributed by atoms with E-state index in [9.17, 15) is 15.3 Å². The number of halogens is 1. The summed E-state index contributed by atoms with van der Waals surface area (Å²) in [5.74, 6) is 0.119. The van der Waals surface area contributed by atoms with Gasteiger partial charge in [-0.1, -0.05) is 30.3 Å². The van der Waals surface area contributed by atoms with Crippen molar-refractivity contribution >= 4 is 33.6 Å². The minimum absolute atomic E-state index is 0.00764. The number of benzene rings is 3. The number of amides is 1. The van der Waals surface area contributed by atoms with Gasteiger partial charge in [0.25, 0.3) is 5.91 Å². The second-order valence-electron chi connectivity index (χ2n) is 7.17. The van der Waals surface area contributed by atoms with Gasteiger partial charge in [-0.05, 0) is 82.9 Å². The van der Waals surface area contributed by atoms with E-state index in [1.54, 1.807) is 24.3 Å². The Morgan fingerprint density at radius 3 is 2.53 bits per heavy atom. The Morgan fingerprint density at radius 2 is 1.84 bits per heavy atom. The van der Waals surface area contributed by atoms with E-state index in [1.807, 2.05) is 56.3 Å². The van der Waals surface area contributed by atoms with E-state index < -0.39 is 5.91 Å². The molecule has 0 aromatic heterocycles. The zero-order valence-electron chi connectivity index (χ0n) is 17.6. The summed E-state index contributed by atoms with van der Waals surface area (Å²) in [7, 11) is 0. The number of nitriles is 2. The highest BCUT2D eigenvalue weighted by molar-refractivity contribution is 9.10. The normalized spacial score (nSPS) is 10.7. The lowest BCUT2D eigenvalue weighted by Gasteiger charge is -2.10. The van der Waals surface area contributed by atoms with Crippen LogP contribution in [0.3, 0.4) is 0 Å². The standard InChI is InChI=1S/C26H20BrN3O2/c1-17-7-9-23(11-18(17)2)30-26(31)22(15-29)12-19-8-10-25(24(27)13-19)32-16-21-6-4-3-5-20(21)14-28/h3-13H,16H2,1-2H3,(H,30,31)/b22-12+. The van der Waals surface area contributed by atoms with Gasteiger partial charge in [-0.2, -0.15) is 10.5 Å². The summed E-state index contributed by atoms with van der Waals surface area (Å²) in [5, 5.41) is 21.4. The van der Waals surface area contributed by atoms with Gasteiger partial charge >= 0.3 is 0 Å². The first-order chi connectivity index (χ1) is 15.4. The summed E-state index contributed by atoms with van der Waals surface area (Å²) in [4.78, 5) is 12.6. The highest BCUT2D eigenvalue weighted by Crippen LogP contribution is 2.28. The molecule has 0 aliphatic carbocycles. The Balaban J connectivity index is 1.73. The van der Waals surface area contributed by atoms with Gasteiger partial charge in [0.15, 0.2) is 0 Å². The lowest BCUT2D eigenvalue weighted by molar-refractivity contribution is -0.112. The van der Waals surface area contributed by atoms with Crippen LogP contribution in [0, 0.1) is 36.5 Å². The van der Waals surface area contributed by atoms with Gasteiger partial charge in [0.1, 0.15) is 24.0 Å². The molecule has 3 aromatic carbocycles. The highest BCUT2D eigenvalue weighted by atomic mass is 79.9. The summed E-state index contributed by atoms with van der Waals surface area (Å²) < 4.78 is 6.51. The number of hydrogen-bond acceptors (Lipinski definition) is 4. The summed E-state index contributed by atoms with van der Waals surface area (Å²) in [6.07, 6.45) is 1.52. The van der Waals surface area contributed by atoms with Crippen molar-refractivity contribution in [3.05, 3.63) is 98.5 Å². The number of hydrogen-bond donors (Lipinski definition) is 1. The summed E-state index contributed by atoms with van der Waals surface area (Å²) in [6.45, 7) is 4.21. The van der Waals surface area contributed by atoms with Gasteiger partial charge in [0, 0.05) is 11.3 Å². The average molecular weight is 486 g/mol. The molecule has 0 saturated heterocycles. The number of aryl methyl sites for hydroxylation is 2. The molecular weight excluding hydrogens is 466 g/mol. The second-order valence-corrected chi connectivity index (χ2v) is 8.02. The molecule has 32 heavy (non-hydrogen) atoms. The number of carbonyl (C=O) groups is 1. The molecule has 0 heterocycles. The maximum absolute atomic E-state index is 12.6. The average Bonchev–Trinajstić information content (AvgIpc) is 2.79. The largest absolute Gasteiger partial charge is 0.488 e. The van der Waals surface area contributed by atoms with Crippen LogP contribution in [-0.4, -0.2) is 5.91 Å². The third-order valence-electron chi connectivity index (χ3n) is 4.92. The van der Waals surface area contributed by atoms with Crippen LogP contribution in [0.4, 0.5) is 5.69 Å². The molecule has 1 amide bonds. The molecule has 3 aromatic rings. The Labute approximate surface area is 195 Å². The molecule has 6 heteroatoms. The molecule has 0 spiro atoms. The molecule has 0 bridgehead atoms. The van der Waals surface area contributed by atoms with Gasteiger partial charge in [0.05, 0.1) is 16.1 Å². The minimum Gasteiger partial charge on any atom is -0.488 e. The van der Waals surface area contributed by atoms with Crippen molar-refractivity contribution in [1.82, 2.24) is 0 Å². The Kier molecular flexibility index (Phi) is 7.44. The van der Waals surface area contributed by atoms with E-state index in [4.69, 9.17) is 4.74 Å². The molecule has 0 saturated carbocycles. The predicted molar refractivity (Wildman–Crippen MR) is 128 cm³/mol. The van der Waals surface area contributed by atoms with Crippen LogP contribution in [0.5, 0.6) is 5.75 Å². The molecule has 0 atom stereocenters. The third-order valence-corrected chi connectivity index (χ3v) is 5.54. The SMILES string of the molecule is Cc1ccc(NC(=O)/C(C#N)=C/c2ccc(OCc3ccccc3C#N)c(Br)c2)cc1C. The molecule has 158 valence electrons. The molecule has 0 radical (unpaired) electrons. The van der Waals surface area contributed by atoms with Crippen LogP contribution in [-0.2, 0) is 11.4 Å². The third kappa shape index (κ3) is 5.63. The monoisotopic (exact) mass is 485 g/mol. The number of ether oxygens (including phenoxy) is 1. The maximum Gasteiger partial charge on any atom is 0.266 e. The van der Waals surface area contributed by atoms with Crippen molar-refractivity contribution in [2.24, 2.45) is 0 Å². The molecule has 0 aliphatic rings. The van der Waals surface area contributed by atoms with Crippen molar-refractivity contribution in [1.29, 1.82) is 10.5 Å². The molecule has 0 aliphatic heterocycles. The van der Waals surface area contributed by atoms with Crippen molar-refractivity contribution < 1.29 is 9.53 Å². The fourth-order valence-corrected chi connectivity index (χ4v) is 3.48. The molecule has 5 nitrogen and oxygen atoms in total. The summed E-state index contributed by atoms with van der Waals surface area (Å²) >= 11 is 3.47. The number of anilines is 1. The van der Waals surface area contributed by atoms with E-state index in [2.05, 4.69) is 27.3 Å². The first-order valence-electron chi connectivity index (χ1n) is 9.82. The number of carbonyl (C=O) groups excluding carboxylic acids is 1. The van der Waals surface area contributed by atoms with Crippen LogP contribution in [0.25, 0.3) is 6.08 Å². The van der Waals surface area contributed by atoms with Gasteiger partial charge in [-0.15, -0.1) is 0 Å². The fourth-order valence-electron chi connectivity index (χ4n) is 2.97. The van der Waals surface area contributed by atoms with E-state index in [-0.39, 0.29) is 12.2 Å². The first-order valence-corrected chi connectivity index (χ1v) is 10.6. The van der Waals surface area contributed by atoms with Gasteiger partial charge in [0.2, 0.25) is 0 Å². The fraction of sp³-hybridized carbons (Fsp3) is 0.115. The molecule has 3 rings (SSSR count). The maximum atomic E-state index is 12.6. The first kappa shape index (κ1) is 22.8. The summed E-state index contributed by atoms with van der Waals surface area (Å²) in [5.41, 5.74) is 4.85. The smallest absolute Gasteiger partial charge is 0.266 e. The van der Waals surface area contributed by atoms with E-state index in [0.29, 0.717) is 27.0 Å². The molecule has 0 fully saturated rings. The predicted octanol–water partition coefficient (Wildman–Crippen LogP) is 6.06. The summed E-state index contributed by atoms with van der Waals surface area (Å²) in [6, 6.07) is 22.2. The Bertz CT molecular complexity index is 1280. The van der Waals surface area contributed by atoms with E-state index in [0.717, 1.165) is 16.7 Å². The Morgan fingerprint density at radius 1 is 1.06 bits per heavy atom. The lowest BCUT2D eigenvalue weighted by Crippen LogP contribution is -2.13. The topological polar surface area (TPSA) is 85.9 Å². The van der Waals surface area contributed by atoms with Crippen molar-refractivity contribution in [3.8, 4) is 17.9 Å². The van der Waals surface area contributed by atoms with E-state index >= 15 is 0 Å². The number of rotatable bonds is 6. The molecular formula is C26H20BrN3O2. The van der Waals surface area contributed by atoms with E-state index in [1.165, 1.54) is 6.08 Å². The van der Waals surface area contributed by atoms with Gasteiger partial charge in [-0.25, -0.2) is 0 Å². The quantitative estimate of drug-likeness (QED) is 0.339. The molecule has 1 N–H and O–H groups in total. The van der Waals surface area contributed by atoms with Crippen molar-refractivity contribution in [2.45, 2.75) is 20.5 Å². The van der Waals surface area contributed by atoms with Gasteiger partial charge < -0.3 is 10.1 Å². The number of nitrogens with zero attached hydrogens (tertiary/aromatic N) is 2. The van der Waals surface area contributed by atoms with Crippen LogP contribution < -0.4 is 10.1 Å². The van der Waals surface area contributed by atoms with Crippen LogP contribution in [0.1, 0.15) is 27.8 Å². The van der Waals surface area contributed by atoms with Crippen LogP contribution >= 0.6 is 15.9 Å². The second kappa shape index (κ2) is 10.4. The van der Waals surface area contributed by atoms with Crippen LogP contribution in [0.15, 0.2) is 70.7 Å².